The number of H-pyrrole nitrogens is 1. The molecule has 0 unspecified atom stereocenters. The normalized spacial score (nSPS) is 17.7. The van der Waals surface area contributed by atoms with Crippen molar-refractivity contribution >= 4 is 28.8 Å². The molecule has 26 heavy (non-hydrogen) atoms. The van der Waals surface area contributed by atoms with Gasteiger partial charge in [-0.25, -0.2) is 9.59 Å². The van der Waals surface area contributed by atoms with E-state index in [1.54, 1.807) is 6.07 Å². The Balaban J connectivity index is 1.52. The number of benzene rings is 1. The number of nitrogens with one attached hydrogen (secondary N) is 2. The van der Waals surface area contributed by atoms with E-state index in [0.29, 0.717) is 18.7 Å². The molecule has 2 heterocycles. The molecule has 7 nitrogen and oxygen atoms in total. The van der Waals surface area contributed by atoms with Gasteiger partial charge in [0.15, 0.2) is 6.10 Å². The van der Waals surface area contributed by atoms with Crippen molar-refractivity contribution in [3.05, 3.63) is 35.0 Å². The summed E-state index contributed by atoms with van der Waals surface area (Å²) in [5, 5.41) is 3.61. The number of rotatable bonds is 3. The number of aryl methyl sites for hydroxylation is 2. The van der Waals surface area contributed by atoms with Crippen molar-refractivity contribution in [2.24, 2.45) is 0 Å². The molecule has 1 aliphatic heterocycles. The molecule has 7 heteroatoms. The molecule has 4 rings (SSSR count). The van der Waals surface area contributed by atoms with Crippen LogP contribution in [0.4, 0.5) is 4.79 Å². The zero-order chi connectivity index (χ0) is 18.3. The minimum atomic E-state index is -1.01. The molecule has 1 aromatic carbocycles. The maximum absolute atomic E-state index is 12.5. The molecule has 1 fully saturated rings. The molecule has 2 aromatic rings. The highest BCUT2D eigenvalue weighted by Gasteiger charge is 2.31. The van der Waals surface area contributed by atoms with Gasteiger partial charge >= 0.3 is 12.0 Å². The van der Waals surface area contributed by atoms with Gasteiger partial charge in [-0.05, 0) is 56.4 Å². The second-order valence-electron chi connectivity index (χ2n) is 6.82. The largest absolute Gasteiger partial charge is 0.449 e. The van der Waals surface area contributed by atoms with Crippen molar-refractivity contribution in [2.45, 2.75) is 38.7 Å². The van der Waals surface area contributed by atoms with Gasteiger partial charge in [0.1, 0.15) is 0 Å². The van der Waals surface area contributed by atoms with Crippen LogP contribution in [0.3, 0.4) is 0 Å². The molecular formula is C19H21N3O4. The van der Waals surface area contributed by atoms with E-state index in [1.807, 2.05) is 12.1 Å². The van der Waals surface area contributed by atoms with E-state index in [-0.39, 0.29) is 0 Å². The molecule has 0 saturated carbocycles. The van der Waals surface area contributed by atoms with E-state index in [0.717, 1.165) is 35.1 Å². The van der Waals surface area contributed by atoms with Crippen molar-refractivity contribution in [2.75, 3.05) is 13.1 Å². The highest BCUT2D eigenvalue weighted by molar-refractivity contribution is 6.00. The van der Waals surface area contributed by atoms with Gasteiger partial charge < -0.3 is 15.0 Å². The number of carbonyl (C=O) groups excluding carboxylic acids is 3. The first kappa shape index (κ1) is 16.6. The summed E-state index contributed by atoms with van der Waals surface area (Å²) in [6.45, 7) is 2.20. The Morgan fingerprint density at radius 2 is 2.04 bits per heavy atom. The molecule has 0 bridgehead atoms. The summed E-state index contributed by atoms with van der Waals surface area (Å²) in [6, 6.07) is 4.97. The van der Waals surface area contributed by atoms with Gasteiger partial charge in [0.25, 0.3) is 5.91 Å². The number of ether oxygens (including phenoxy) is 1. The minimum Gasteiger partial charge on any atom is -0.449 e. The number of carbonyl (C=O) groups is 3. The summed E-state index contributed by atoms with van der Waals surface area (Å²) in [5.41, 5.74) is 3.96. The fraction of sp³-hybridized carbons (Fsp3) is 0.421. The van der Waals surface area contributed by atoms with Crippen molar-refractivity contribution in [3.8, 4) is 0 Å². The van der Waals surface area contributed by atoms with Gasteiger partial charge in [0, 0.05) is 29.7 Å². The van der Waals surface area contributed by atoms with Gasteiger partial charge in [-0.2, -0.15) is 0 Å². The number of hydrogen-bond acceptors (Lipinski definition) is 4. The Hall–Kier alpha value is -2.83. The Bertz CT molecular complexity index is 902. The third kappa shape index (κ3) is 2.83. The molecule has 0 spiro atoms. The van der Waals surface area contributed by atoms with Crippen molar-refractivity contribution in [3.63, 3.8) is 0 Å². The average molecular weight is 355 g/mol. The topological polar surface area (TPSA) is 91.5 Å². The molecule has 1 atom stereocenters. The quantitative estimate of drug-likeness (QED) is 0.825. The smallest absolute Gasteiger partial charge is 0.338 e. The number of imide groups is 1. The van der Waals surface area contributed by atoms with E-state index >= 15 is 0 Å². The third-order valence-electron chi connectivity index (χ3n) is 5.09. The average Bonchev–Trinajstić information content (AvgIpc) is 3.23. The summed E-state index contributed by atoms with van der Waals surface area (Å²) in [5.74, 6) is -1.06. The summed E-state index contributed by atoms with van der Waals surface area (Å²) < 4.78 is 5.31. The van der Waals surface area contributed by atoms with E-state index in [4.69, 9.17) is 4.74 Å². The number of fused-ring (bicyclic) bond motifs is 3. The monoisotopic (exact) mass is 355 g/mol. The molecule has 136 valence electrons. The lowest BCUT2D eigenvalue weighted by atomic mass is 9.95. The first-order valence-electron chi connectivity index (χ1n) is 8.98. The van der Waals surface area contributed by atoms with Crippen molar-refractivity contribution in [1.82, 2.24) is 15.2 Å². The molecule has 2 aliphatic rings. The van der Waals surface area contributed by atoms with Gasteiger partial charge in [-0.1, -0.05) is 0 Å². The fourth-order valence-electron chi connectivity index (χ4n) is 3.71. The van der Waals surface area contributed by atoms with Crippen LogP contribution < -0.4 is 5.32 Å². The third-order valence-corrected chi connectivity index (χ3v) is 5.09. The summed E-state index contributed by atoms with van der Waals surface area (Å²) in [4.78, 5) is 40.8. The van der Waals surface area contributed by atoms with E-state index in [9.17, 15) is 14.4 Å². The van der Waals surface area contributed by atoms with E-state index < -0.39 is 24.0 Å². The van der Waals surface area contributed by atoms with Crippen LogP contribution in [0.25, 0.3) is 10.9 Å². The molecule has 0 radical (unpaired) electrons. The van der Waals surface area contributed by atoms with Crippen LogP contribution in [0.15, 0.2) is 18.2 Å². The standard InChI is InChI=1S/C19H21N3O4/c1-11(17(23)22-9-8-20-19(22)25)26-18(24)12-6-7-16-14(10-12)13-4-2-3-5-15(13)21-16/h6-7,10-11,21H,2-5,8-9H2,1H3,(H,20,25)/t11-/m1/s1. The summed E-state index contributed by atoms with van der Waals surface area (Å²) >= 11 is 0. The van der Waals surface area contributed by atoms with Crippen LogP contribution in [0.5, 0.6) is 0 Å². The second-order valence-corrected chi connectivity index (χ2v) is 6.82. The van der Waals surface area contributed by atoms with Crippen LogP contribution >= 0.6 is 0 Å². The number of amides is 3. The van der Waals surface area contributed by atoms with E-state index in [2.05, 4.69) is 10.3 Å². The second kappa shape index (κ2) is 6.48. The number of aromatic nitrogens is 1. The van der Waals surface area contributed by atoms with Crippen LogP contribution in [0.2, 0.25) is 0 Å². The number of hydrogen-bond donors (Lipinski definition) is 2. The minimum absolute atomic E-state index is 0.293. The van der Waals surface area contributed by atoms with Crippen molar-refractivity contribution < 1.29 is 19.1 Å². The van der Waals surface area contributed by atoms with Crippen LogP contribution in [-0.2, 0) is 22.4 Å². The Labute approximate surface area is 150 Å². The number of nitrogens with zero attached hydrogens (tertiary/aromatic N) is 1. The zero-order valence-corrected chi connectivity index (χ0v) is 14.6. The molecular weight excluding hydrogens is 334 g/mol. The fourth-order valence-corrected chi connectivity index (χ4v) is 3.71. The van der Waals surface area contributed by atoms with Gasteiger partial charge in [0.05, 0.1) is 5.56 Å². The lowest BCUT2D eigenvalue weighted by Gasteiger charge is -2.18. The van der Waals surface area contributed by atoms with Crippen molar-refractivity contribution in [1.29, 1.82) is 0 Å². The summed E-state index contributed by atoms with van der Waals surface area (Å²) in [6.07, 6.45) is 3.36. The molecule has 1 saturated heterocycles. The van der Waals surface area contributed by atoms with Gasteiger partial charge in [-0.15, -0.1) is 0 Å². The maximum atomic E-state index is 12.5. The first-order valence-corrected chi connectivity index (χ1v) is 8.98. The molecule has 1 aliphatic carbocycles. The number of urea groups is 1. The van der Waals surface area contributed by atoms with Crippen LogP contribution in [-0.4, -0.2) is 47.0 Å². The Kier molecular flexibility index (Phi) is 4.14. The predicted octanol–water partition coefficient (Wildman–Crippen LogP) is 2.14. The zero-order valence-electron chi connectivity index (χ0n) is 14.6. The van der Waals surface area contributed by atoms with Crippen LogP contribution in [0.1, 0.15) is 41.4 Å². The SMILES string of the molecule is C[C@@H](OC(=O)c1ccc2[nH]c3c(c2c1)CCCC3)C(=O)N1CCNC1=O. The Morgan fingerprint density at radius 1 is 1.23 bits per heavy atom. The lowest BCUT2D eigenvalue weighted by molar-refractivity contribution is -0.136. The van der Waals surface area contributed by atoms with Gasteiger partial charge in [0.2, 0.25) is 0 Å². The highest BCUT2D eigenvalue weighted by atomic mass is 16.5. The van der Waals surface area contributed by atoms with Gasteiger partial charge in [-0.3, -0.25) is 9.69 Å². The molecule has 1 aromatic heterocycles. The number of esters is 1. The molecule has 2 N–H and O–H groups in total. The predicted molar refractivity (Wildman–Crippen MR) is 94.9 cm³/mol. The maximum Gasteiger partial charge on any atom is 0.338 e. The highest BCUT2D eigenvalue weighted by Crippen LogP contribution is 2.29. The Morgan fingerprint density at radius 3 is 2.81 bits per heavy atom. The first-order chi connectivity index (χ1) is 12.5. The van der Waals surface area contributed by atoms with Crippen LogP contribution in [0, 0.1) is 0 Å². The van der Waals surface area contributed by atoms with E-state index in [1.165, 1.54) is 24.6 Å². The number of aromatic amines is 1. The molecule has 3 amide bonds. The summed E-state index contributed by atoms with van der Waals surface area (Å²) in [7, 11) is 0. The lowest BCUT2D eigenvalue weighted by Crippen LogP contribution is -2.41.